The molecule has 5 rings (SSSR count). The summed E-state index contributed by atoms with van der Waals surface area (Å²) < 4.78 is 2.33. The van der Waals surface area contributed by atoms with Crippen LogP contribution in [0.1, 0.15) is 58.1 Å². The largest absolute Gasteiger partial charge is 1.00 e. The number of allylic oxidation sites excluding steroid dienone is 7. The normalized spacial score (nSPS) is 21.6. The van der Waals surface area contributed by atoms with E-state index in [2.05, 4.69) is 129 Å². The van der Waals surface area contributed by atoms with Crippen LogP contribution < -0.4 is 34.2 Å². The van der Waals surface area contributed by atoms with Crippen LogP contribution in [0.5, 0.6) is 0 Å². The van der Waals surface area contributed by atoms with Crippen molar-refractivity contribution in [1.29, 1.82) is 0 Å². The lowest BCUT2D eigenvalue weighted by Gasteiger charge is -2.25. The molecule has 4 nitrogen and oxygen atoms in total. The van der Waals surface area contributed by atoms with Crippen LogP contribution in [0.15, 0.2) is 95.4 Å². The minimum atomic E-state index is -0.0491. The molecule has 2 aromatic carbocycles. The first kappa shape index (κ1) is 29.3. The zero-order valence-electron chi connectivity index (χ0n) is 24.2. The van der Waals surface area contributed by atoms with Gasteiger partial charge in [-0.15, -0.1) is 0 Å². The highest BCUT2D eigenvalue weighted by atomic mass is 127. The predicted octanol–water partition coefficient (Wildman–Crippen LogP) is 3.51. The molecule has 206 valence electrons. The summed E-state index contributed by atoms with van der Waals surface area (Å²) in [6, 6.07) is 17.4. The lowest BCUT2D eigenvalue weighted by Crippen LogP contribution is -3.00. The molecule has 5 heteroatoms. The van der Waals surface area contributed by atoms with Gasteiger partial charge in [-0.1, -0.05) is 62.4 Å². The Bertz CT molecular complexity index is 1410. The maximum absolute atomic E-state index is 9.63. The van der Waals surface area contributed by atoms with Gasteiger partial charge in [-0.2, -0.15) is 4.58 Å². The predicted molar refractivity (Wildman–Crippen MR) is 159 cm³/mol. The first-order valence-electron chi connectivity index (χ1n) is 13.9. The molecule has 0 radical (unpaired) electrons. The lowest BCUT2D eigenvalue weighted by molar-refractivity contribution is -0.401. The molecule has 39 heavy (non-hydrogen) atoms. The van der Waals surface area contributed by atoms with Crippen molar-refractivity contribution in [2.45, 2.75) is 57.8 Å². The molecule has 0 saturated carbocycles. The zero-order chi connectivity index (χ0) is 27.1. The summed E-state index contributed by atoms with van der Waals surface area (Å²) in [6.07, 6.45) is 12.4. The number of aliphatic hydroxyl groups excluding tert-OH is 1. The SMILES string of the molecule is CN1/C(=C/C=C2\CCCC(/C=C/C3=[N+](C)c4ccccc4C3(C)C)=C2NCCO)C(C)(C)c2ccccc21.[I-]. The van der Waals surface area contributed by atoms with E-state index in [0.29, 0.717) is 6.54 Å². The summed E-state index contributed by atoms with van der Waals surface area (Å²) in [4.78, 5) is 2.33. The van der Waals surface area contributed by atoms with Crippen molar-refractivity contribution in [2.75, 3.05) is 32.1 Å². The second-order valence-electron chi connectivity index (χ2n) is 11.8. The van der Waals surface area contributed by atoms with Crippen molar-refractivity contribution < 1.29 is 33.7 Å². The fraction of sp³-hybridized carbons (Fsp3) is 0.382. The van der Waals surface area contributed by atoms with Crippen molar-refractivity contribution >= 4 is 17.1 Å². The van der Waals surface area contributed by atoms with Crippen molar-refractivity contribution in [3.8, 4) is 0 Å². The number of nitrogens with one attached hydrogen (secondary N) is 1. The molecule has 0 amide bonds. The van der Waals surface area contributed by atoms with Gasteiger partial charge in [0, 0.05) is 53.8 Å². The van der Waals surface area contributed by atoms with Crippen molar-refractivity contribution in [1.82, 2.24) is 5.32 Å². The van der Waals surface area contributed by atoms with Crippen LogP contribution in [0.25, 0.3) is 0 Å². The van der Waals surface area contributed by atoms with Gasteiger partial charge in [-0.05, 0) is 62.0 Å². The number of halogens is 1. The van der Waals surface area contributed by atoms with E-state index >= 15 is 0 Å². The maximum atomic E-state index is 9.63. The summed E-state index contributed by atoms with van der Waals surface area (Å²) >= 11 is 0. The molecule has 0 bridgehead atoms. The Labute approximate surface area is 251 Å². The average molecular weight is 636 g/mol. The van der Waals surface area contributed by atoms with Crippen LogP contribution >= 0.6 is 0 Å². The van der Waals surface area contributed by atoms with E-state index in [0.717, 1.165) is 19.3 Å². The summed E-state index contributed by atoms with van der Waals surface area (Å²) in [5, 5.41) is 13.2. The first-order valence-corrected chi connectivity index (χ1v) is 13.9. The van der Waals surface area contributed by atoms with Crippen LogP contribution in [0.2, 0.25) is 0 Å². The number of anilines is 1. The summed E-state index contributed by atoms with van der Waals surface area (Å²) in [5.74, 6) is 0. The topological polar surface area (TPSA) is 38.5 Å². The van der Waals surface area contributed by atoms with Crippen LogP contribution in [-0.2, 0) is 10.8 Å². The molecule has 0 spiro atoms. The van der Waals surface area contributed by atoms with Crippen molar-refractivity contribution in [2.24, 2.45) is 0 Å². The van der Waals surface area contributed by atoms with Crippen LogP contribution in [0, 0.1) is 0 Å². The van der Waals surface area contributed by atoms with E-state index in [4.69, 9.17) is 0 Å². The van der Waals surface area contributed by atoms with Gasteiger partial charge in [0.1, 0.15) is 7.05 Å². The minimum absolute atomic E-state index is 0. The second-order valence-corrected chi connectivity index (χ2v) is 11.8. The Morgan fingerprint density at radius 2 is 1.62 bits per heavy atom. The van der Waals surface area contributed by atoms with Crippen LogP contribution in [0.4, 0.5) is 11.4 Å². The Kier molecular flexibility index (Phi) is 8.62. The smallest absolute Gasteiger partial charge is 0.209 e. The fourth-order valence-electron chi connectivity index (χ4n) is 6.63. The Balaban J connectivity index is 0.00000353. The van der Waals surface area contributed by atoms with Gasteiger partial charge in [0.15, 0.2) is 5.71 Å². The number of fused-ring (bicyclic) bond motifs is 2. The molecule has 3 aliphatic rings. The molecule has 0 fully saturated rings. The van der Waals surface area contributed by atoms with E-state index in [9.17, 15) is 5.11 Å². The average Bonchev–Trinajstić information content (AvgIpc) is 3.23. The molecule has 2 aromatic rings. The molecule has 2 heterocycles. The zero-order valence-corrected chi connectivity index (χ0v) is 26.3. The van der Waals surface area contributed by atoms with Gasteiger partial charge in [0.2, 0.25) is 5.69 Å². The van der Waals surface area contributed by atoms with E-state index in [1.807, 2.05) is 0 Å². The van der Waals surface area contributed by atoms with Gasteiger partial charge in [0.25, 0.3) is 0 Å². The van der Waals surface area contributed by atoms with Gasteiger partial charge >= 0.3 is 0 Å². The third-order valence-corrected chi connectivity index (χ3v) is 8.71. The third kappa shape index (κ3) is 5.16. The summed E-state index contributed by atoms with van der Waals surface area (Å²) in [5.41, 5.74) is 11.6. The van der Waals surface area contributed by atoms with Gasteiger partial charge in [-0.25, -0.2) is 0 Å². The van der Waals surface area contributed by atoms with E-state index < -0.39 is 0 Å². The maximum Gasteiger partial charge on any atom is 0.209 e. The molecule has 1 aliphatic carbocycles. The molecule has 0 atom stereocenters. The monoisotopic (exact) mass is 635 g/mol. The number of nitrogens with zero attached hydrogens (tertiary/aromatic N) is 2. The van der Waals surface area contributed by atoms with E-state index in [-0.39, 0.29) is 41.4 Å². The van der Waals surface area contributed by atoms with Crippen molar-refractivity contribution in [3.63, 3.8) is 0 Å². The van der Waals surface area contributed by atoms with E-state index in [1.165, 1.54) is 50.8 Å². The minimum Gasteiger partial charge on any atom is -1.00 e. The number of aliphatic hydroxyl groups is 1. The van der Waals surface area contributed by atoms with Crippen LogP contribution in [-0.4, -0.2) is 42.6 Å². The van der Waals surface area contributed by atoms with Crippen molar-refractivity contribution in [3.05, 3.63) is 107 Å². The molecular weight excluding hydrogens is 593 g/mol. The number of hydrogen-bond donors (Lipinski definition) is 2. The first-order chi connectivity index (χ1) is 18.2. The quantitative estimate of drug-likeness (QED) is 0.377. The fourth-order valence-corrected chi connectivity index (χ4v) is 6.63. The summed E-state index contributed by atoms with van der Waals surface area (Å²) in [6.45, 7) is 9.90. The third-order valence-electron chi connectivity index (χ3n) is 8.71. The number of hydrogen-bond acceptors (Lipinski definition) is 3. The lowest BCUT2D eigenvalue weighted by atomic mass is 9.81. The number of likely N-dealkylation sites (N-methyl/N-ethyl adjacent to an activating group) is 1. The second kappa shape index (κ2) is 11.5. The Hall–Kier alpha value is -2.64. The van der Waals surface area contributed by atoms with E-state index in [1.54, 1.807) is 0 Å². The molecule has 0 saturated heterocycles. The highest BCUT2D eigenvalue weighted by Gasteiger charge is 2.42. The molecule has 0 aromatic heterocycles. The molecule has 2 N–H and O–H groups in total. The number of para-hydroxylation sites is 2. The highest BCUT2D eigenvalue weighted by Crippen LogP contribution is 2.47. The summed E-state index contributed by atoms with van der Waals surface area (Å²) in [7, 11) is 4.34. The Morgan fingerprint density at radius 3 is 2.31 bits per heavy atom. The molecule has 2 aliphatic heterocycles. The highest BCUT2D eigenvalue weighted by molar-refractivity contribution is 6.03. The number of benzene rings is 2. The number of rotatable bonds is 6. The molecular formula is C34H42IN3O. The van der Waals surface area contributed by atoms with Gasteiger partial charge < -0.3 is 39.3 Å². The van der Waals surface area contributed by atoms with Gasteiger partial charge in [0.05, 0.1) is 12.0 Å². The van der Waals surface area contributed by atoms with Crippen LogP contribution in [0.3, 0.4) is 0 Å². The van der Waals surface area contributed by atoms with Gasteiger partial charge in [-0.3, -0.25) is 0 Å². The Morgan fingerprint density at radius 1 is 0.923 bits per heavy atom. The standard InChI is InChI=1S/C34H41N3O.HI/c1-33(2)26-14-7-9-16-28(26)36(5)30(33)20-18-24-12-11-13-25(32(24)35-22-23-38)19-21-31-34(3,4)27-15-8-10-17-29(27)37(31)6;/h7-10,14-21,38H,11-13,22-23H2,1-6H3;1H/b24-18+,30-20+;. The molecule has 0 unspecified atom stereocenters.